The Morgan fingerprint density at radius 2 is 2.17 bits per heavy atom. The van der Waals surface area contributed by atoms with E-state index in [-0.39, 0.29) is 0 Å². The molecule has 0 aromatic heterocycles. The molecule has 0 spiro atoms. The molecule has 62 valence electrons. The lowest BCUT2D eigenvalue weighted by molar-refractivity contribution is 0.108. The van der Waals surface area contributed by atoms with Gasteiger partial charge in [-0.25, -0.2) is 0 Å². The van der Waals surface area contributed by atoms with Crippen LogP contribution in [0.4, 0.5) is 0 Å². The number of hydrogen-bond donors (Lipinski definition) is 0. The van der Waals surface area contributed by atoms with Crippen LogP contribution >= 0.6 is 11.6 Å². The minimum Gasteiger partial charge on any atom is -0.276 e. The summed E-state index contributed by atoms with van der Waals surface area (Å²) in [5, 5.41) is -0.410. The smallest absolute Gasteiger partial charge is 0.252 e. The number of rotatable bonds is 3. The topological polar surface area (TPSA) is 17.1 Å². The highest BCUT2D eigenvalue weighted by Gasteiger charge is 2.05. The zero-order valence-electron chi connectivity index (χ0n) is 6.59. The third-order valence-electron chi connectivity index (χ3n) is 1.59. The first kappa shape index (κ1) is 9.01. The van der Waals surface area contributed by atoms with E-state index in [0.717, 1.165) is 5.56 Å². The van der Waals surface area contributed by atoms with Crippen LogP contribution in [-0.2, 0) is 6.42 Å². The number of carbonyl (C=O) groups is 1. The molecule has 0 unspecified atom stereocenters. The summed E-state index contributed by atoms with van der Waals surface area (Å²) in [5.41, 5.74) is 1.49. The van der Waals surface area contributed by atoms with E-state index in [1.165, 1.54) is 0 Å². The van der Waals surface area contributed by atoms with Gasteiger partial charge in [-0.3, -0.25) is 4.79 Å². The van der Waals surface area contributed by atoms with Crippen LogP contribution in [0.1, 0.15) is 15.9 Å². The van der Waals surface area contributed by atoms with Gasteiger partial charge in [0.1, 0.15) is 0 Å². The molecule has 0 heterocycles. The molecule has 1 aromatic carbocycles. The minimum atomic E-state index is -0.410. The maximum atomic E-state index is 10.9. The van der Waals surface area contributed by atoms with Crippen LogP contribution in [0.15, 0.2) is 36.9 Å². The summed E-state index contributed by atoms with van der Waals surface area (Å²) in [6, 6.07) is 7.26. The number of allylic oxidation sites excluding steroid dienone is 1. The standard InChI is InChI=1S/C10H9ClO/c1-2-5-8-6-3-4-7-9(8)10(11)12/h2-4,6-7H,1,5H2. The van der Waals surface area contributed by atoms with E-state index >= 15 is 0 Å². The van der Waals surface area contributed by atoms with Crippen LogP contribution < -0.4 is 0 Å². The molecule has 2 heteroatoms. The van der Waals surface area contributed by atoms with Gasteiger partial charge in [-0.2, -0.15) is 0 Å². The van der Waals surface area contributed by atoms with Gasteiger partial charge in [0, 0.05) is 5.56 Å². The molecule has 1 rings (SSSR count). The third-order valence-corrected chi connectivity index (χ3v) is 1.80. The Balaban J connectivity index is 3.07. The summed E-state index contributed by atoms with van der Waals surface area (Å²) in [6.07, 6.45) is 2.42. The third kappa shape index (κ3) is 1.95. The molecule has 0 aliphatic heterocycles. The van der Waals surface area contributed by atoms with E-state index < -0.39 is 5.24 Å². The fraction of sp³-hybridized carbons (Fsp3) is 0.100. The van der Waals surface area contributed by atoms with Crippen LogP contribution in [0, 0.1) is 0 Å². The van der Waals surface area contributed by atoms with Gasteiger partial charge in [-0.1, -0.05) is 24.3 Å². The number of hydrogen-bond acceptors (Lipinski definition) is 1. The molecule has 0 N–H and O–H groups in total. The molecule has 0 fully saturated rings. The van der Waals surface area contributed by atoms with Gasteiger partial charge in [-0.05, 0) is 29.7 Å². The van der Waals surface area contributed by atoms with Crippen molar-refractivity contribution >= 4 is 16.8 Å². The van der Waals surface area contributed by atoms with Crippen molar-refractivity contribution in [3.8, 4) is 0 Å². The molecule has 0 bridgehead atoms. The van der Waals surface area contributed by atoms with Gasteiger partial charge >= 0.3 is 0 Å². The quantitative estimate of drug-likeness (QED) is 0.517. The highest BCUT2D eigenvalue weighted by molar-refractivity contribution is 6.67. The Morgan fingerprint density at radius 3 is 2.75 bits per heavy atom. The molecular weight excluding hydrogens is 172 g/mol. The first-order valence-electron chi connectivity index (χ1n) is 3.64. The van der Waals surface area contributed by atoms with Gasteiger partial charge in [0.05, 0.1) is 0 Å². The first-order chi connectivity index (χ1) is 5.75. The zero-order chi connectivity index (χ0) is 8.97. The second kappa shape index (κ2) is 4.07. The van der Waals surface area contributed by atoms with Gasteiger partial charge in [0.15, 0.2) is 0 Å². The first-order valence-corrected chi connectivity index (χ1v) is 4.02. The maximum Gasteiger partial charge on any atom is 0.252 e. The second-order valence-corrected chi connectivity index (χ2v) is 2.77. The SMILES string of the molecule is C=CCc1ccccc1C(=O)Cl. The fourth-order valence-electron chi connectivity index (χ4n) is 1.05. The van der Waals surface area contributed by atoms with Gasteiger partial charge in [0.2, 0.25) is 0 Å². The highest BCUT2D eigenvalue weighted by atomic mass is 35.5. The van der Waals surface area contributed by atoms with Gasteiger partial charge in [-0.15, -0.1) is 6.58 Å². The lowest BCUT2D eigenvalue weighted by Gasteiger charge is -2.00. The Labute approximate surface area is 76.7 Å². The average molecular weight is 181 g/mol. The predicted octanol–water partition coefficient (Wildman–Crippen LogP) is 2.79. The van der Waals surface area contributed by atoms with E-state index in [2.05, 4.69) is 6.58 Å². The number of halogens is 1. The molecule has 0 atom stereocenters. The summed E-state index contributed by atoms with van der Waals surface area (Å²) in [7, 11) is 0. The molecule has 0 saturated carbocycles. The Morgan fingerprint density at radius 1 is 1.50 bits per heavy atom. The van der Waals surface area contributed by atoms with Crippen LogP contribution in [0.25, 0.3) is 0 Å². The fourth-order valence-corrected chi connectivity index (χ4v) is 1.23. The summed E-state index contributed by atoms with van der Waals surface area (Å²) in [5.74, 6) is 0. The molecule has 0 saturated heterocycles. The Hall–Kier alpha value is -1.08. The molecule has 0 amide bonds. The minimum absolute atomic E-state index is 0.410. The summed E-state index contributed by atoms with van der Waals surface area (Å²) in [4.78, 5) is 10.9. The highest BCUT2D eigenvalue weighted by Crippen LogP contribution is 2.12. The van der Waals surface area contributed by atoms with E-state index in [4.69, 9.17) is 11.6 Å². The van der Waals surface area contributed by atoms with Crippen molar-refractivity contribution in [3.05, 3.63) is 48.0 Å². The number of benzene rings is 1. The van der Waals surface area contributed by atoms with E-state index in [1.54, 1.807) is 18.2 Å². The monoisotopic (exact) mass is 180 g/mol. The largest absolute Gasteiger partial charge is 0.276 e. The molecule has 1 aromatic rings. The van der Waals surface area contributed by atoms with Crippen molar-refractivity contribution in [2.75, 3.05) is 0 Å². The van der Waals surface area contributed by atoms with E-state index in [9.17, 15) is 4.79 Å². The summed E-state index contributed by atoms with van der Waals surface area (Å²) >= 11 is 5.37. The van der Waals surface area contributed by atoms with Crippen LogP contribution in [0.5, 0.6) is 0 Å². The van der Waals surface area contributed by atoms with Crippen LogP contribution in [0.2, 0.25) is 0 Å². The molecular formula is C10H9ClO. The average Bonchev–Trinajstić information content (AvgIpc) is 2.05. The lowest BCUT2D eigenvalue weighted by atomic mass is 10.1. The van der Waals surface area contributed by atoms with Crippen molar-refractivity contribution < 1.29 is 4.79 Å². The normalized spacial score (nSPS) is 9.42. The van der Waals surface area contributed by atoms with Crippen LogP contribution in [0.3, 0.4) is 0 Å². The van der Waals surface area contributed by atoms with E-state index in [0.29, 0.717) is 12.0 Å². The molecule has 0 radical (unpaired) electrons. The van der Waals surface area contributed by atoms with Crippen molar-refractivity contribution in [1.82, 2.24) is 0 Å². The maximum absolute atomic E-state index is 10.9. The summed E-state index contributed by atoms with van der Waals surface area (Å²) in [6.45, 7) is 3.60. The second-order valence-electron chi connectivity index (χ2n) is 2.42. The molecule has 0 aliphatic carbocycles. The summed E-state index contributed by atoms with van der Waals surface area (Å²) < 4.78 is 0. The molecule has 1 nitrogen and oxygen atoms in total. The Bertz CT molecular complexity index is 304. The van der Waals surface area contributed by atoms with Crippen LogP contribution in [-0.4, -0.2) is 5.24 Å². The number of carbonyl (C=O) groups excluding carboxylic acids is 1. The predicted molar refractivity (Wildman–Crippen MR) is 50.5 cm³/mol. The molecule has 0 aliphatic rings. The zero-order valence-corrected chi connectivity index (χ0v) is 7.34. The van der Waals surface area contributed by atoms with Crippen molar-refractivity contribution in [2.24, 2.45) is 0 Å². The van der Waals surface area contributed by atoms with Gasteiger partial charge in [0.25, 0.3) is 5.24 Å². The lowest BCUT2D eigenvalue weighted by Crippen LogP contribution is -1.95. The van der Waals surface area contributed by atoms with Crippen molar-refractivity contribution in [2.45, 2.75) is 6.42 Å². The van der Waals surface area contributed by atoms with Crippen molar-refractivity contribution in [1.29, 1.82) is 0 Å². The van der Waals surface area contributed by atoms with Gasteiger partial charge < -0.3 is 0 Å². The van der Waals surface area contributed by atoms with Crippen molar-refractivity contribution in [3.63, 3.8) is 0 Å². The van der Waals surface area contributed by atoms with E-state index in [1.807, 2.05) is 12.1 Å². The Kier molecular flexibility index (Phi) is 3.06. The molecule has 12 heavy (non-hydrogen) atoms.